The number of imide groups is 1. The number of carbonyl (C=O) groups is 2. The lowest BCUT2D eigenvalue weighted by atomic mass is 9.72. The van der Waals surface area contributed by atoms with Crippen molar-refractivity contribution in [1.29, 1.82) is 0 Å². The Morgan fingerprint density at radius 2 is 1.61 bits per heavy atom. The Labute approximate surface area is 203 Å². The van der Waals surface area contributed by atoms with Crippen molar-refractivity contribution in [2.45, 2.75) is 38.2 Å². The van der Waals surface area contributed by atoms with Crippen LogP contribution in [0.15, 0.2) is 89.4 Å². The summed E-state index contributed by atoms with van der Waals surface area (Å²) < 4.78 is 6.61. The van der Waals surface area contributed by atoms with Gasteiger partial charge in [-0.3, -0.25) is 4.79 Å². The molecule has 0 N–H and O–H groups in total. The molecule has 0 spiro atoms. The predicted octanol–water partition coefficient (Wildman–Crippen LogP) is 7.12. The van der Waals surface area contributed by atoms with Crippen LogP contribution >= 0.6 is 15.9 Å². The average molecular weight is 504 g/mol. The van der Waals surface area contributed by atoms with E-state index in [1.807, 2.05) is 84.9 Å². The van der Waals surface area contributed by atoms with Crippen molar-refractivity contribution in [3.8, 4) is 0 Å². The fraction of sp³-hybridized carbons (Fsp3) is 0.214. The molecule has 1 aliphatic rings. The van der Waals surface area contributed by atoms with Crippen LogP contribution < -0.4 is 4.90 Å². The summed E-state index contributed by atoms with van der Waals surface area (Å²) >= 11 is 3.46. The first-order valence-electron chi connectivity index (χ1n) is 10.9. The number of carbonyl (C=O) groups excluding carboxylic acids is 2. The van der Waals surface area contributed by atoms with E-state index >= 15 is 0 Å². The summed E-state index contributed by atoms with van der Waals surface area (Å²) in [7, 11) is 0. The third-order valence-corrected chi connectivity index (χ3v) is 6.15. The number of halogens is 1. The Hall–Kier alpha value is -3.18. The van der Waals surface area contributed by atoms with E-state index in [0.29, 0.717) is 12.1 Å². The zero-order chi connectivity index (χ0) is 23.6. The maximum atomic E-state index is 14.1. The molecule has 0 saturated carbocycles. The molecule has 0 aromatic heterocycles. The van der Waals surface area contributed by atoms with Crippen molar-refractivity contribution in [3.05, 3.63) is 106 Å². The highest BCUT2D eigenvalue weighted by Gasteiger charge is 2.54. The van der Waals surface area contributed by atoms with Gasteiger partial charge in [0, 0.05) is 4.47 Å². The van der Waals surface area contributed by atoms with E-state index in [0.717, 1.165) is 21.2 Å². The molecular weight excluding hydrogens is 478 g/mol. The maximum absolute atomic E-state index is 14.1. The first-order chi connectivity index (χ1) is 15.7. The molecule has 3 aromatic rings. The number of rotatable bonds is 4. The number of amides is 2. The third-order valence-electron chi connectivity index (χ3n) is 5.62. The zero-order valence-electron chi connectivity index (χ0n) is 18.9. The number of allylic oxidation sites excluding steroid dienone is 1. The van der Waals surface area contributed by atoms with Crippen LogP contribution in [0, 0.1) is 0 Å². The average Bonchev–Trinajstić information content (AvgIpc) is 3.03. The molecule has 4 nitrogen and oxygen atoms in total. The zero-order valence-corrected chi connectivity index (χ0v) is 20.5. The highest BCUT2D eigenvalue weighted by atomic mass is 79.9. The largest absolute Gasteiger partial charge is 0.443 e. The second-order valence-electron chi connectivity index (χ2n) is 9.07. The van der Waals surface area contributed by atoms with Crippen molar-refractivity contribution in [1.82, 2.24) is 0 Å². The van der Waals surface area contributed by atoms with Gasteiger partial charge in [-0.1, -0.05) is 88.7 Å². The molecule has 0 bridgehead atoms. The van der Waals surface area contributed by atoms with Crippen molar-refractivity contribution in [2.24, 2.45) is 0 Å². The topological polar surface area (TPSA) is 46.6 Å². The van der Waals surface area contributed by atoms with Crippen LogP contribution in [0.3, 0.4) is 0 Å². The van der Waals surface area contributed by atoms with Crippen LogP contribution in [0.5, 0.6) is 0 Å². The second-order valence-corrected chi connectivity index (χ2v) is 9.98. The van der Waals surface area contributed by atoms with Crippen molar-refractivity contribution >= 4 is 39.7 Å². The number of hydrogen-bond acceptors (Lipinski definition) is 3. The van der Waals surface area contributed by atoms with Gasteiger partial charge in [-0.2, -0.15) is 0 Å². The molecule has 0 unspecified atom stereocenters. The van der Waals surface area contributed by atoms with E-state index in [-0.39, 0.29) is 5.91 Å². The summed E-state index contributed by atoms with van der Waals surface area (Å²) in [5.41, 5.74) is 1.50. The number of hydrogen-bond donors (Lipinski definition) is 0. The second kappa shape index (κ2) is 8.99. The SMILES string of the molecule is CC(C)(C)OC(=O)N1C(=O)[C@@](C/C=C/c2ccc(Br)cc2)(c2ccccc2)c2ccccc21. The number of para-hydroxylation sites is 1. The molecule has 0 saturated heterocycles. The van der Waals surface area contributed by atoms with Gasteiger partial charge in [-0.15, -0.1) is 0 Å². The molecule has 4 rings (SSSR count). The lowest BCUT2D eigenvalue weighted by Crippen LogP contribution is -2.45. The molecule has 1 atom stereocenters. The maximum Gasteiger partial charge on any atom is 0.421 e. The van der Waals surface area contributed by atoms with E-state index in [1.165, 1.54) is 4.90 Å². The highest BCUT2D eigenvalue weighted by Crippen LogP contribution is 2.49. The summed E-state index contributed by atoms with van der Waals surface area (Å²) in [6.45, 7) is 5.38. The van der Waals surface area contributed by atoms with Crippen molar-refractivity contribution in [2.75, 3.05) is 4.90 Å². The molecule has 5 heteroatoms. The quantitative estimate of drug-likeness (QED) is 0.380. The number of nitrogens with zero attached hydrogens (tertiary/aromatic N) is 1. The minimum absolute atomic E-state index is 0.301. The van der Waals surface area contributed by atoms with E-state index < -0.39 is 17.1 Å². The van der Waals surface area contributed by atoms with Gasteiger partial charge >= 0.3 is 6.09 Å². The van der Waals surface area contributed by atoms with Gasteiger partial charge in [-0.05, 0) is 62.1 Å². The van der Waals surface area contributed by atoms with Gasteiger partial charge in [0.15, 0.2) is 0 Å². The summed E-state index contributed by atoms with van der Waals surface area (Å²) in [6.07, 6.45) is 3.75. The fourth-order valence-corrected chi connectivity index (χ4v) is 4.46. The van der Waals surface area contributed by atoms with Gasteiger partial charge in [-0.25, -0.2) is 9.69 Å². The highest BCUT2D eigenvalue weighted by molar-refractivity contribution is 9.10. The van der Waals surface area contributed by atoms with Crippen LogP contribution in [0.1, 0.15) is 43.9 Å². The summed E-state index contributed by atoms with van der Waals surface area (Å²) in [5.74, 6) is -0.301. The summed E-state index contributed by atoms with van der Waals surface area (Å²) in [5, 5.41) is 0. The van der Waals surface area contributed by atoms with Gasteiger partial charge in [0.05, 0.1) is 5.69 Å². The molecular formula is C28H26BrNO3. The number of anilines is 1. The predicted molar refractivity (Wildman–Crippen MR) is 135 cm³/mol. The Morgan fingerprint density at radius 1 is 0.970 bits per heavy atom. The van der Waals surface area contributed by atoms with Gasteiger partial charge in [0.2, 0.25) is 0 Å². The Bertz CT molecular complexity index is 1200. The van der Waals surface area contributed by atoms with E-state index in [1.54, 1.807) is 26.8 Å². The monoisotopic (exact) mass is 503 g/mol. The molecule has 0 radical (unpaired) electrons. The molecule has 3 aromatic carbocycles. The molecule has 168 valence electrons. The van der Waals surface area contributed by atoms with Gasteiger partial charge in [0.25, 0.3) is 5.91 Å². The Morgan fingerprint density at radius 3 is 2.27 bits per heavy atom. The lowest BCUT2D eigenvalue weighted by molar-refractivity contribution is -0.121. The third kappa shape index (κ3) is 4.51. The number of fused-ring (bicyclic) bond motifs is 1. The van der Waals surface area contributed by atoms with Gasteiger partial charge < -0.3 is 4.74 Å². The molecule has 33 heavy (non-hydrogen) atoms. The lowest BCUT2D eigenvalue weighted by Gasteiger charge is -2.29. The molecule has 2 amide bonds. The summed E-state index contributed by atoms with van der Waals surface area (Å²) in [4.78, 5) is 28.4. The van der Waals surface area contributed by atoms with E-state index in [2.05, 4.69) is 15.9 Å². The van der Waals surface area contributed by atoms with Crippen LogP contribution in [0.25, 0.3) is 6.08 Å². The first-order valence-corrected chi connectivity index (χ1v) is 11.7. The number of ether oxygens (including phenoxy) is 1. The normalized spacial score (nSPS) is 17.9. The fourth-order valence-electron chi connectivity index (χ4n) is 4.20. The first kappa shape index (κ1) is 23.0. The van der Waals surface area contributed by atoms with Crippen LogP contribution in [0.4, 0.5) is 10.5 Å². The standard InChI is InChI=1S/C28H26BrNO3/c1-27(2,3)33-26(32)30-24-14-8-7-13-23(24)28(25(30)31,21-11-5-4-6-12-21)19-9-10-20-15-17-22(29)18-16-20/h4-18H,19H2,1-3H3/b10-9+/t28-/m0/s1. The van der Waals surface area contributed by atoms with Crippen LogP contribution in [0.2, 0.25) is 0 Å². The smallest absolute Gasteiger partial charge is 0.421 e. The van der Waals surface area contributed by atoms with Crippen LogP contribution in [-0.2, 0) is 14.9 Å². The molecule has 1 aliphatic heterocycles. The van der Waals surface area contributed by atoms with Crippen LogP contribution in [-0.4, -0.2) is 17.6 Å². The minimum atomic E-state index is -1.03. The van der Waals surface area contributed by atoms with E-state index in [9.17, 15) is 9.59 Å². The minimum Gasteiger partial charge on any atom is -0.443 e. The molecule has 1 heterocycles. The van der Waals surface area contributed by atoms with E-state index in [4.69, 9.17) is 4.74 Å². The van der Waals surface area contributed by atoms with Crippen molar-refractivity contribution in [3.63, 3.8) is 0 Å². The number of benzene rings is 3. The Kier molecular flexibility index (Phi) is 6.26. The van der Waals surface area contributed by atoms with Crippen molar-refractivity contribution < 1.29 is 14.3 Å². The Balaban J connectivity index is 1.81. The molecule has 0 aliphatic carbocycles. The van der Waals surface area contributed by atoms with Gasteiger partial charge in [0.1, 0.15) is 11.0 Å². The molecule has 0 fully saturated rings. The summed E-state index contributed by atoms with van der Waals surface area (Å²) in [6, 6.07) is 25.1.